The van der Waals surface area contributed by atoms with Crippen LogP contribution in [-0.2, 0) is 18.0 Å². The molecule has 2 heterocycles. The summed E-state index contributed by atoms with van der Waals surface area (Å²) in [7, 11) is 1.30. The molecule has 0 unspecified atom stereocenters. The zero-order chi connectivity index (χ0) is 19.9. The smallest absolute Gasteiger partial charge is 0.397 e. The van der Waals surface area contributed by atoms with Gasteiger partial charge in [0.15, 0.2) is 5.69 Å². The van der Waals surface area contributed by atoms with Crippen LogP contribution < -0.4 is 10.6 Å². The lowest BCUT2D eigenvalue weighted by atomic mass is 10.2. The van der Waals surface area contributed by atoms with Crippen molar-refractivity contribution in [1.29, 1.82) is 0 Å². The molecule has 0 radical (unpaired) electrons. The number of para-hydroxylation sites is 1. The molecule has 0 aliphatic carbocycles. The third-order valence-corrected chi connectivity index (χ3v) is 4.84. The van der Waals surface area contributed by atoms with Gasteiger partial charge in [-0.2, -0.15) is 18.3 Å². The number of nitrogens with two attached hydrogens (primary N) is 1. The standard InChI is InChI=1S/C16H11F5N4OS/c1-24-11(6-12(23-24)16(19,20)21)15-10(22)5-13(27-15)25(7-26)14-8(17)3-2-4-9(14)18/h2-7H,22H2,1H3. The number of benzene rings is 1. The summed E-state index contributed by atoms with van der Waals surface area (Å²) in [6, 6.07) is 5.15. The molecule has 0 saturated heterocycles. The number of carbonyl (C=O) groups is 1. The first-order valence-electron chi connectivity index (χ1n) is 7.33. The number of aryl methyl sites for hydroxylation is 1. The van der Waals surface area contributed by atoms with Crippen LogP contribution >= 0.6 is 11.3 Å². The van der Waals surface area contributed by atoms with E-state index < -0.39 is 29.2 Å². The van der Waals surface area contributed by atoms with E-state index in [9.17, 15) is 26.7 Å². The number of hydrogen-bond donors (Lipinski definition) is 1. The lowest BCUT2D eigenvalue weighted by Crippen LogP contribution is -2.16. The predicted octanol–water partition coefficient (Wildman–Crippen LogP) is 4.32. The van der Waals surface area contributed by atoms with Crippen molar-refractivity contribution in [2.45, 2.75) is 6.18 Å². The van der Waals surface area contributed by atoms with E-state index in [1.165, 1.54) is 13.1 Å². The highest BCUT2D eigenvalue weighted by atomic mass is 32.1. The number of nitrogen functional groups attached to an aromatic ring is 1. The number of aromatic nitrogens is 2. The van der Waals surface area contributed by atoms with Crippen molar-refractivity contribution >= 4 is 34.1 Å². The quantitative estimate of drug-likeness (QED) is 0.522. The number of alkyl halides is 3. The van der Waals surface area contributed by atoms with Gasteiger partial charge in [0.2, 0.25) is 6.41 Å². The molecular formula is C16H11F5N4OS. The summed E-state index contributed by atoms with van der Waals surface area (Å²) in [5.74, 6) is -1.95. The molecule has 0 saturated carbocycles. The van der Waals surface area contributed by atoms with Crippen LogP contribution in [0.5, 0.6) is 0 Å². The topological polar surface area (TPSA) is 64.2 Å². The third-order valence-electron chi connectivity index (χ3n) is 3.67. The van der Waals surface area contributed by atoms with Crippen molar-refractivity contribution in [3.8, 4) is 10.6 Å². The highest BCUT2D eigenvalue weighted by Crippen LogP contribution is 2.43. The van der Waals surface area contributed by atoms with Crippen LogP contribution in [0.1, 0.15) is 5.69 Å². The van der Waals surface area contributed by atoms with Crippen LogP contribution in [0.3, 0.4) is 0 Å². The number of anilines is 3. The monoisotopic (exact) mass is 402 g/mol. The molecule has 27 heavy (non-hydrogen) atoms. The zero-order valence-electron chi connectivity index (χ0n) is 13.6. The van der Waals surface area contributed by atoms with E-state index in [1.807, 2.05) is 0 Å². The lowest BCUT2D eigenvalue weighted by molar-refractivity contribution is -0.141. The van der Waals surface area contributed by atoms with Gasteiger partial charge in [-0.15, -0.1) is 11.3 Å². The van der Waals surface area contributed by atoms with Crippen LogP contribution in [0, 0.1) is 11.6 Å². The van der Waals surface area contributed by atoms with Gasteiger partial charge in [-0.05, 0) is 24.3 Å². The van der Waals surface area contributed by atoms with E-state index in [2.05, 4.69) is 5.10 Å². The molecule has 2 aromatic heterocycles. The van der Waals surface area contributed by atoms with E-state index in [1.54, 1.807) is 0 Å². The molecule has 0 fully saturated rings. The lowest BCUT2D eigenvalue weighted by Gasteiger charge is -2.16. The van der Waals surface area contributed by atoms with Crippen LogP contribution in [0.4, 0.5) is 38.3 Å². The Bertz CT molecular complexity index is 991. The Balaban J connectivity index is 2.09. The molecule has 0 bridgehead atoms. The third kappa shape index (κ3) is 3.37. The van der Waals surface area contributed by atoms with Crippen molar-refractivity contribution in [3.63, 3.8) is 0 Å². The molecule has 3 aromatic rings. The second-order valence-corrected chi connectivity index (χ2v) is 6.48. The normalized spacial score (nSPS) is 11.6. The SMILES string of the molecule is Cn1nc(C(F)(F)F)cc1-c1sc(N(C=O)c2c(F)cccc2F)cc1N. The first kappa shape index (κ1) is 18.8. The van der Waals surface area contributed by atoms with Crippen LogP contribution in [0.25, 0.3) is 10.6 Å². The maximum absolute atomic E-state index is 14.0. The van der Waals surface area contributed by atoms with E-state index in [0.29, 0.717) is 4.90 Å². The van der Waals surface area contributed by atoms with Crippen molar-refractivity contribution in [1.82, 2.24) is 9.78 Å². The van der Waals surface area contributed by atoms with Crippen molar-refractivity contribution < 1.29 is 26.7 Å². The number of amides is 1. The van der Waals surface area contributed by atoms with E-state index in [-0.39, 0.29) is 27.7 Å². The Morgan fingerprint density at radius 2 is 1.85 bits per heavy atom. The van der Waals surface area contributed by atoms with E-state index in [0.717, 1.165) is 40.3 Å². The summed E-state index contributed by atoms with van der Waals surface area (Å²) in [4.78, 5) is 12.3. The number of thiophene rings is 1. The molecule has 1 aromatic carbocycles. The second-order valence-electron chi connectivity index (χ2n) is 5.45. The highest BCUT2D eigenvalue weighted by Gasteiger charge is 2.35. The molecule has 11 heteroatoms. The Morgan fingerprint density at radius 1 is 1.22 bits per heavy atom. The Morgan fingerprint density at radius 3 is 2.37 bits per heavy atom. The molecule has 2 N–H and O–H groups in total. The number of hydrogen-bond acceptors (Lipinski definition) is 4. The average molecular weight is 402 g/mol. The number of nitrogens with zero attached hydrogens (tertiary/aromatic N) is 3. The van der Waals surface area contributed by atoms with Gasteiger partial charge in [0.05, 0.1) is 16.3 Å². The van der Waals surface area contributed by atoms with Gasteiger partial charge in [-0.25, -0.2) is 8.78 Å². The second kappa shape index (κ2) is 6.65. The molecule has 3 rings (SSSR count). The number of carbonyl (C=O) groups excluding carboxylic acids is 1. The minimum absolute atomic E-state index is 0.0373. The molecule has 5 nitrogen and oxygen atoms in total. The largest absolute Gasteiger partial charge is 0.435 e. The van der Waals surface area contributed by atoms with Gasteiger partial charge in [-0.3, -0.25) is 14.4 Å². The zero-order valence-corrected chi connectivity index (χ0v) is 14.4. The molecule has 0 aliphatic rings. The molecule has 0 aliphatic heterocycles. The average Bonchev–Trinajstić information content (AvgIpc) is 3.13. The van der Waals surface area contributed by atoms with Crippen molar-refractivity contribution in [3.05, 3.63) is 47.7 Å². The molecule has 0 spiro atoms. The minimum Gasteiger partial charge on any atom is -0.397 e. The van der Waals surface area contributed by atoms with Gasteiger partial charge in [0, 0.05) is 7.05 Å². The number of rotatable bonds is 4. The van der Waals surface area contributed by atoms with Crippen molar-refractivity contribution in [2.24, 2.45) is 7.05 Å². The fourth-order valence-electron chi connectivity index (χ4n) is 2.46. The van der Waals surface area contributed by atoms with Crippen molar-refractivity contribution in [2.75, 3.05) is 10.6 Å². The van der Waals surface area contributed by atoms with Gasteiger partial charge in [-0.1, -0.05) is 6.07 Å². The molecule has 1 amide bonds. The molecule has 0 atom stereocenters. The van der Waals surface area contributed by atoms with Crippen LogP contribution in [-0.4, -0.2) is 16.2 Å². The van der Waals surface area contributed by atoms with Gasteiger partial charge in [0.1, 0.15) is 22.3 Å². The van der Waals surface area contributed by atoms with Crippen LogP contribution in [0.15, 0.2) is 30.3 Å². The van der Waals surface area contributed by atoms with Gasteiger partial charge >= 0.3 is 6.18 Å². The summed E-state index contributed by atoms with van der Waals surface area (Å²) < 4.78 is 67.5. The first-order valence-corrected chi connectivity index (χ1v) is 8.14. The van der Waals surface area contributed by atoms with Crippen LogP contribution in [0.2, 0.25) is 0 Å². The molecule has 142 valence electrons. The van der Waals surface area contributed by atoms with E-state index in [4.69, 9.17) is 5.73 Å². The highest BCUT2D eigenvalue weighted by molar-refractivity contribution is 7.20. The van der Waals surface area contributed by atoms with E-state index >= 15 is 0 Å². The first-order chi connectivity index (χ1) is 12.6. The summed E-state index contributed by atoms with van der Waals surface area (Å²) in [6.07, 6.45) is -4.45. The fourth-order valence-corrected chi connectivity index (χ4v) is 3.56. The van der Waals surface area contributed by atoms with Gasteiger partial charge < -0.3 is 5.73 Å². The Hall–Kier alpha value is -2.95. The van der Waals surface area contributed by atoms with Gasteiger partial charge in [0.25, 0.3) is 0 Å². The predicted molar refractivity (Wildman–Crippen MR) is 90.5 cm³/mol. The maximum atomic E-state index is 14.0. The number of halogens is 5. The summed E-state index contributed by atoms with van der Waals surface area (Å²) in [5, 5.41) is 3.44. The fraction of sp³-hybridized carbons (Fsp3) is 0.125. The summed E-state index contributed by atoms with van der Waals surface area (Å²) in [6.45, 7) is 0. The Labute approximate surface area is 153 Å². The summed E-state index contributed by atoms with van der Waals surface area (Å²) in [5.41, 5.74) is 4.23. The maximum Gasteiger partial charge on any atom is 0.435 e. The minimum atomic E-state index is -4.64. The summed E-state index contributed by atoms with van der Waals surface area (Å²) >= 11 is 0.804. The Kier molecular flexibility index (Phi) is 4.64. The molecular weight excluding hydrogens is 391 g/mol.